The molecule has 0 heterocycles. The maximum Gasteiger partial charge on any atom is 0.326 e. The molecule has 3 aromatic rings. The molecule has 0 aliphatic carbocycles. The van der Waals surface area contributed by atoms with Crippen molar-refractivity contribution >= 4 is 23.3 Å². The van der Waals surface area contributed by atoms with E-state index in [-0.39, 0.29) is 18.1 Å². The molecule has 7 heteroatoms. The number of hydrogen-bond acceptors (Lipinski definition) is 5. The SMILES string of the molecule is CCN(CCOc1ccc(CC(Nc2ccccc2C(=O)c2ccccc2)C(=O)O)cc1)C(=O)C(C)(C)C. The Morgan fingerprint density at radius 1 is 0.921 bits per heavy atom. The summed E-state index contributed by atoms with van der Waals surface area (Å²) in [7, 11) is 0. The smallest absolute Gasteiger partial charge is 0.326 e. The number of carboxylic acid groups (broad SMARTS) is 1. The fourth-order valence-corrected chi connectivity index (χ4v) is 4.05. The van der Waals surface area contributed by atoms with Gasteiger partial charge in [0.15, 0.2) is 5.78 Å². The maximum atomic E-state index is 13.0. The van der Waals surface area contributed by atoms with Crippen LogP contribution in [0.15, 0.2) is 78.9 Å². The van der Waals surface area contributed by atoms with Gasteiger partial charge in [-0.3, -0.25) is 9.59 Å². The number of nitrogens with zero attached hydrogens (tertiary/aromatic N) is 1. The van der Waals surface area contributed by atoms with E-state index in [9.17, 15) is 19.5 Å². The summed E-state index contributed by atoms with van der Waals surface area (Å²) in [5, 5.41) is 12.9. The Hall–Kier alpha value is -4.13. The summed E-state index contributed by atoms with van der Waals surface area (Å²) in [6, 6.07) is 22.1. The fraction of sp³-hybridized carbons (Fsp3) is 0.323. The van der Waals surface area contributed by atoms with E-state index in [0.717, 1.165) is 5.56 Å². The van der Waals surface area contributed by atoms with Crippen molar-refractivity contribution < 1.29 is 24.2 Å². The van der Waals surface area contributed by atoms with Crippen molar-refractivity contribution in [2.75, 3.05) is 25.0 Å². The monoisotopic (exact) mass is 516 g/mol. The third kappa shape index (κ3) is 7.68. The molecule has 0 bridgehead atoms. The van der Waals surface area contributed by atoms with Gasteiger partial charge < -0.3 is 20.1 Å². The Morgan fingerprint density at radius 2 is 1.55 bits per heavy atom. The molecule has 0 aliphatic heterocycles. The number of aliphatic carboxylic acids is 1. The molecule has 0 saturated heterocycles. The molecule has 0 saturated carbocycles. The second-order valence-electron chi connectivity index (χ2n) is 10.1. The molecule has 3 aromatic carbocycles. The first-order chi connectivity index (χ1) is 18.1. The van der Waals surface area contributed by atoms with Gasteiger partial charge in [-0.15, -0.1) is 0 Å². The van der Waals surface area contributed by atoms with Crippen LogP contribution in [0.4, 0.5) is 5.69 Å². The molecule has 0 spiro atoms. The van der Waals surface area contributed by atoms with Gasteiger partial charge in [-0.1, -0.05) is 75.4 Å². The fourth-order valence-electron chi connectivity index (χ4n) is 4.05. The first-order valence-electron chi connectivity index (χ1n) is 12.8. The predicted octanol–water partition coefficient (Wildman–Crippen LogP) is 5.30. The van der Waals surface area contributed by atoms with Gasteiger partial charge in [0.25, 0.3) is 0 Å². The highest BCUT2D eigenvalue weighted by Gasteiger charge is 2.26. The highest BCUT2D eigenvalue weighted by molar-refractivity contribution is 6.12. The van der Waals surface area contributed by atoms with E-state index in [2.05, 4.69) is 5.32 Å². The van der Waals surface area contributed by atoms with Crippen LogP contribution in [0.2, 0.25) is 0 Å². The molecule has 1 amide bonds. The van der Waals surface area contributed by atoms with Gasteiger partial charge in [-0.25, -0.2) is 4.79 Å². The molecule has 2 N–H and O–H groups in total. The first-order valence-corrected chi connectivity index (χ1v) is 12.8. The molecule has 3 rings (SSSR count). The number of ether oxygens (including phenoxy) is 1. The van der Waals surface area contributed by atoms with Crippen LogP contribution in [0.3, 0.4) is 0 Å². The van der Waals surface area contributed by atoms with Crippen molar-refractivity contribution in [1.82, 2.24) is 4.90 Å². The number of anilines is 1. The van der Waals surface area contributed by atoms with Crippen LogP contribution < -0.4 is 10.1 Å². The molecule has 1 unspecified atom stereocenters. The highest BCUT2D eigenvalue weighted by Crippen LogP contribution is 2.22. The van der Waals surface area contributed by atoms with Gasteiger partial charge in [0.2, 0.25) is 5.91 Å². The molecule has 0 aromatic heterocycles. The molecular weight excluding hydrogens is 480 g/mol. The molecule has 7 nitrogen and oxygen atoms in total. The number of rotatable bonds is 12. The van der Waals surface area contributed by atoms with E-state index in [1.165, 1.54) is 0 Å². The Kier molecular flexibility index (Phi) is 9.66. The van der Waals surface area contributed by atoms with Crippen molar-refractivity contribution in [3.63, 3.8) is 0 Å². The number of hydrogen-bond donors (Lipinski definition) is 2. The summed E-state index contributed by atoms with van der Waals surface area (Å²) in [5.41, 5.74) is 1.79. The van der Waals surface area contributed by atoms with Crippen LogP contribution in [-0.2, 0) is 16.0 Å². The molecule has 0 fully saturated rings. The van der Waals surface area contributed by atoms with E-state index in [1.54, 1.807) is 65.6 Å². The number of benzene rings is 3. The van der Waals surface area contributed by atoms with Crippen LogP contribution in [0.25, 0.3) is 0 Å². The second-order valence-corrected chi connectivity index (χ2v) is 10.1. The number of amides is 1. The van der Waals surface area contributed by atoms with Crippen LogP contribution in [-0.4, -0.2) is 53.4 Å². The lowest BCUT2D eigenvalue weighted by Crippen LogP contribution is -2.41. The molecule has 200 valence electrons. The number of nitrogens with one attached hydrogen (secondary N) is 1. The summed E-state index contributed by atoms with van der Waals surface area (Å²) >= 11 is 0. The van der Waals surface area contributed by atoms with Crippen molar-refractivity contribution in [3.8, 4) is 5.75 Å². The number of carbonyl (C=O) groups excluding carboxylic acids is 2. The summed E-state index contributed by atoms with van der Waals surface area (Å²) < 4.78 is 5.83. The summed E-state index contributed by atoms with van der Waals surface area (Å²) in [5.74, 6) is -0.467. The average Bonchev–Trinajstić information content (AvgIpc) is 2.91. The Morgan fingerprint density at radius 3 is 2.16 bits per heavy atom. The quantitative estimate of drug-likeness (QED) is 0.317. The van der Waals surface area contributed by atoms with Gasteiger partial charge in [-0.2, -0.15) is 0 Å². The highest BCUT2D eigenvalue weighted by atomic mass is 16.5. The van der Waals surface area contributed by atoms with Gasteiger partial charge >= 0.3 is 5.97 Å². The van der Waals surface area contributed by atoms with Crippen LogP contribution >= 0.6 is 0 Å². The van der Waals surface area contributed by atoms with Crippen LogP contribution in [0.1, 0.15) is 49.2 Å². The van der Waals surface area contributed by atoms with Gasteiger partial charge in [0, 0.05) is 35.2 Å². The van der Waals surface area contributed by atoms with Gasteiger partial charge in [-0.05, 0) is 36.8 Å². The number of carboxylic acids is 1. The molecule has 0 radical (unpaired) electrons. The van der Waals surface area contributed by atoms with E-state index in [0.29, 0.717) is 42.3 Å². The Bertz CT molecular complexity index is 1230. The summed E-state index contributed by atoms with van der Waals surface area (Å²) in [6.07, 6.45) is 0.215. The minimum absolute atomic E-state index is 0.0817. The van der Waals surface area contributed by atoms with Crippen molar-refractivity contribution in [1.29, 1.82) is 0 Å². The van der Waals surface area contributed by atoms with E-state index >= 15 is 0 Å². The number of carbonyl (C=O) groups is 3. The molecule has 38 heavy (non-hydrogen) atoms. The number of likely N-dealkylation sites (N-methyl/N-ethyl adjacent to an activating group) is 1. The molecular formula is C31H36N2O5. The zero-order chi connectivity index (χ0) is 27.7. The predicted molar refractivity (Wildman–Crippen MR) is 149 cm³/mol. The van der Waals surface area contributed by atoms with Gasteiger partial charge in [0.05, 0.1) is 6.54 Å². The lowest BCUT2D eigenvalue weighted by molar-refractivity contribution is -0.139. The lowest BCUT2D eigenvalue weighted by Gasteiger charge is -2.28. The van der Waals surface area contributed by atoms with Crippen LogP contribution in [0.5, 0.6) is 5.75 Å². The largest absolute Gasteiger partial charge is 0.492 e. The summed E-state index contributed by atoms with van der Waals surface area (Å²) in [4.78, 5) is 39.4. The maximum absolute atomic E-state index is 13.0. The zero-order valence-corrected chi connectivity index (χ0v) is 22.4. The number of para-hydroxylation sites is 1. The standard InChI is InChI=1S/C31H36N2O5/c1-5-33(30(37)31(2,3)4)19-20-38-24-17-15-22(16-18-24)21-27(29(35)36)32-26-14-10-9-13-25(26)28(34)23-11-7-6-8-12-23/h6-18,27,32H,5,19-21H2,1-4H3,(H,35,36). The zero-order valence-electron chi connectivity index (χ0n) is 22.4. The van der Waals surface area contributed by atoms with E-state index in [1.807, 2.05) is 45.9 Å². The van der Waals surface area contributed by atoms with Crippen molar-refractivity contribution in [2.24, 2.45) is 5.41 Å². The van der Waals surface area contributed by atoms with Crippen molar-refractivity contribution in [3.05, 3.63) is 95.6 Å². The number of ketones is 1. The minimum Gasteiger partial charge on any atom is -0.492 e. The van der Waals surface area contributed by atoms with E-state index in [4.69, 9.17) is 4.74 Å². The third-order valence-corrected chi connectivity index (χ3v) is 6.14. The van der Waals surface area contributed by atoms with Gasteiger partial charge in [0.1, 0.15) is 18.4 Å². The van der Waals surface area contributed by atoms with Crippen molar-refractivity contribution in [2.45, 2.75) is 40.2 Å². The van der Waals surface area contributed by atoms with E-state index < -0.39 is 17.4 Å². The van der Waals surface area contributed by atoms with Crippen LogP contribution in [0, 0.1) is 5.41 Å². The minimum atomic E-state index is -1.02. The molecule has 0 aliphatic rings. The Labute approximate surface area is 224 Å². The second kappa shape index (κ2) is 12.9. The normalized spacial score (nSPS) is 11.9. The topological polar surface area (TPSA) is 95.9 Å². The lowest BCUT2D eigenvalue weighted by atomic mass is 9.95. The summed E-state index contributed by atoms with van der Waals surface area (Å²) in [6.45, 7) is 9.11. The third-order valence-electron chi connectivity index (χ3n) is 6.14. The Balaban J connectivity index is 1.63. The first kappa shape index (κ1) is 28.4. The average molecular weight is 517 g/mol. The molecule has 1 atom stereocenters.